The molecule has 0 aliphatic carbocycles. The molecule has 1 fully saturated rings. The van der Waals surface area contributed by atoms with Crippen molar-refractivity contribution in [2.45, 2.75) is 30.8 Å². The zero-order valence-corrected chi connectivity index (χ0v) is 10.8. The van der Waals surface area contributed by atoms with Gasteiger partial charge in [-0.2, -0.15) is 4.31 Å². The van der Waals surface area contributed by atoms with E-state index in [1.165, 1.54) is 16.4 Å². The number of benzene rings is 1. The van der Waals surface area contributed by atoms with Crippen LogP contribution in [0.25, 0.3) is 0 Å². The van der Waals surface area contributed by atoms with E-state index in [2.05, 4.69) is 0 Å². The Morgan fingerprint density at radius 3 is 2.50 bits per heavy atom. The summed E-state index contributed by atoms with van der Waals surface area (Å²) in [4.78, 5) is -0.337. The quantitative estimate of drug-likeness (QED) is 0.908. The number of hydrogen-bond acceptors (Lipinski definition) is 3. The lowest BCUT2D eigenvalue weighted by molar-refractivity contribution is 0.281. The minimum Gasteiger partial charge on any atom is -0.392 e. The van der Waals surface area contributed by atoms with Crippen LogP contribution in [0.4, 0.5) is 4.39 Å². The van der Waals surface area contributed by atoms with E-state index in [-0.39, 0.29) is 11.5 Å². The summed E-state index contributed by atoms with van der Waals surface area (Å²) in [5, 5.41) is 9.00. The summed E-state index contributed by atoms with van der Waals surface area (Å²) < 4.78 is 39.5. The minimum atomic E-state index is -3.78. The second-order valence-electron chi connectivity index (χ2n) is 4.39. The second kappa shape index (κ2) is 5.34. The number of aliphatic hydroxyl groups is 1. The molecule has 2 rings (SSSR count). The molecular formula is C12H16FNO3S. The number of aliphatic hydroxyl groups excluding tert-OH is 1. The summed E-state index contributed by atoms with van der Waals surface area (Å²) in [6, 6.07) is 3.67. The summed E-state index contributed by atoms with van der Waals surface area (Å²) in [6.45, 7) is 0.569. The number of hydrogen-bond donors (Lipinski definition) is 1. The predicted molar refractivity (Wildman–Crippen MR) is 64.9 cm³/mol. The van der Waals surface area contributed by atoms with Crippen LogP contribution in [0.3, 0.4) is 0 Å². The van der Waals surface area contributed by atoms with Crippen LogP contribution in [-0.4, -0.2) is 30.9 Å². The SMILES string of the molecule is O=S(=O)(c1cc(CO)ccc1F)N1CCCCC1. The fraction of sp³-hybridized carbons (Fsp3) is 0.500. The first-order valence-corrected chi connectivity index (χ1v) is 7.39. The molecule has 1 aromatic carbocycles. The molecule has 1 aliphatic heterocycles. The summed E-state index contributed by atoms with van der Waals surface area (Å²) in [6.07, 6.45) is 2.62. The number of sulfonamides is 1. The number of nitrogens with zero attached hydrogens (tertiary/aromatic N) is 1. The van der Waals surface area contributed by atoms with Gasteiger partial charge >= 0.3 is 0 Å². The molecule has 1 N–H and O–H groups in total. The highest BCUT2D eigenvalue weighted by atomic mass is 32.2. The topological polar surface area (TPSA) is 57.6 Å². The summed E-state index contributed by atoms with van der Waals surface area (Å²) in [5.74, 6) is -0.766. The van der Waals surface area contributed by atoms with Gasteiger partial charge in [-0.3, -0.25) is 0 Å². The van der Waals surface area contributed by atoms with Crippen LogP contribution in [0.2, 0.25) is 0 Å². The standard InChI is InChI=1S/C12H16FNO3S/c13-11-5-4-10(9-15)8-12(11)18(16,17)14-6-2-1-3-7-14/h4-5,8,15H,1-3,6-7,9H2. The molecule has 1 aromatic rings. The van der Waals surface area contributed by atoms with Gasteiger partial charge in [0.25, 0.3) is 0 Å². The van der Waals surface area contributed by atoms with E-state index in [0.717, 1.165) is 25.3 Å². The molecule has 6 heteroatoms. The summed E-state index contributed by atoms with van der Waals surface area (Å²) >= 11 is 0. The zero-order chi connectivity index (χ0) is 13.2. The van der Waals surface area contributed by atoms with Gasteiger partial charge in [0.05, 0.1) is 6.61 Å². The first-order valence-electron chi connectivity index (χ1n) is 5.95. The minimum absolute atomic E-state index is 0.303. The molecule has 0 spiro atoms. The molecule has 1 saturated heterocycles. The predicted octanol–water partition coefficient (Wildman–Crippen LogP) is 1.49. The van der Waals surface area contributed by atoms with Crippen molar-refractivity contribution in [3.05, 3.63) is 29.6 Å². The largest absolute Gasteiger partial charge is 0.392 e. The van der Waals surface area contributed by atoms with E-state index in [0.29, 0.717) is 18.7 Å². The molecular weight excluding hydrogens is 257 g/mol. The molecule has 4 nitrogen and oxygen atoms in total. The average Bonchev–Trinajstić information content (AvgIpc) is 2.40. The molecule has 0 saturated carbocycles. The van der Waals surface area contributed by atoms with Crippen molar-refractivity contribution in [2.75, 3.05) is 13.1 Å². The van der Waals surface area contributed by atoms with Crippen molar-refractivity contribution in [3.8, 4) is 0 Å². The van der Waals surface area contributed by atoms with Crippen LogP contribution in [-0.2, 0) is 16.6 Å². The maximum Gasteiger partial charge on any atom is 0.245 e. The summed E-state index contributed by atoms with van der Waals surface area (Å²) in [7, 11) is -3.78. The Morgan fingerprint density at radius 2 is 1.89 bits per heavy atom. The lowest BCUT2D eigenvalue weighted by atomic mass is 10.2. The van der Waals surface area contributed by atoms with E-state index in [1.54, 1.807) is 0 Å². The Balaban J connectivity index is 2.39. The van der Waals surface area contributed by atoms with Gasteiger partial charge < -0.3 is 5.11 Å². The van der Waals surface area contributed by atoms with Crippen LogP contribution in [0.15, 0.2) is 23.1 Å². The van der Waals surface area contributed by atoms with E-state index >= 15 is 0 Å². The molecule has 0 unspecified atom stereocenters. The second-order valence-corrected chi connectivity index (χ2v) is 6.29. The van der Waals surface area contributed by atoms with Crippen LogP contribution in [0, 0.1) is 5.82 Å². The van der Waals surface area contributed by atoms with Crippen molar-refractivity contribution in [1.29, 1.82) is 0 Å². The Kier molecular flexibility index (Phi) is 3.99. The van der Waals surface area contributed by atoms with Crippen molar-refractivity contribution >= 4 is 10.0 Å². The van der Waals surface area contributed by atoms with Crippen molar-refractivity contribution in [2.24, 2.45) is 0 Å². The Hall–Kier alpha value is -0.980. The highest BCUT2D eigenvalue weighted by molar-refractivity contribution is 7.89. The van der Waals surface area contributed by atoms with Crippen LogP contribution in [0.1, 0.15) is 24.8 Å². The fourth-order valence-corrected chi connectivity index (χ4v) is 3.72. The van der Waals surface area contributed by atoms with Crippen molar-refractivity contribution in [1.82, 2.24) is 4.31 Å². The molecule has 1 aliphatic rings. The average molecular weight is 273 g/mol. The molecule has 0 amide bonds. The molecule has 0 aromatic heterocycles. The third-order valence-corrected chi connectivity index (χ3v) is 5.02. The smallest absolute Gasteiger partial charge is 0.245 e. The van der Waals surface area contributed by atoms with Crippen molar-refractivity contribution in [3.63, 3.8) is 0 Å². The van der Waals surface area contributed by atoms with Gasteiger partial charge in [0.1, 0.15) is 10.7 Å². The Bertz CT molecular complexity index is 524. The van der Waals surface area contributed by atoms with Gasteiger partial charge in [-0.1, -0.05) is 12.5 Å². The molecule has 0 bridgehead atoms. The van der Waals surface area contributed by atoms with E-state index in [1.807, 2.05) is 0 Å². The normalized spacial score (nSPS) is 17.9. The maximum absolute atomic E-state index is 13.7. The highest BCUT2D eigenvalue weighted by Gasteiger charge is 2.28. The van der Waals surface area contributed by atoms with Gasteiger partial charge in [0.2, 0.25) is 10.0 Å². The van der Waals surface area contributed by atoms with Gasteiger partial charge in [0, 0.05) is 13.1 Å². The van der Waals surface area contributed by atoms with Gasteiger partial charge in [-0.15, -0.1) is 0 Å². The number of piperidine rings is 1. The number of halogens is 1. The summed E-state index contributed by atoms with van der Waals surface area (Å²) in [5.41, 5.74) is 0.395. The van der Waals surface area contributed by atoms with E-state index in [9.17, 15) is 12.8 Å². The van der Waals surface area contributed by atoms with Crippen molar-refractivity contribution < 1.29 is 17.9 Å². The monoisotopic (exact) mass is 273 g/mol. The van der Waals surface area contributed by atoms with Crippen LogP contribution >= 0.6 is 0 Å². The third-order valence-electron chi connectivity index (χ3n) is 3.11. The Labute approximate surface area is 106 Å². The molecule has 100 valence electrons. The molecule has 0 atom stereocenters. The van der Waals surface area contributed by atoms with Crippen LogP contribution in [0.5, 0.6) is 0 Å². The van der Waals surface area contributed by atoms with Gasteiger partial charge in [-0.05, 0) is 30.5 Å². The third kappa shape index (κ3) is 2.55. The van der Waals surface area contributed by atoms with Gasteiger partial charge in [0.15, 0.2) is 0 Å². The maximum atomic E-state index is 13.7. The first kappa shape index (κ1) is 13.5. The first-order chi connectivity index (χ1) is 8.55. The van der Waals surface area contributed by atoms with E-state index in [4.69, 9.17) is 5.11 Å². The lowest BCUT2D eigenvalue weighted by Crippen LogP contribution is -2.36. The zero-order valence-electron chi connectivity index (χ0n) is 9.97. The molecule has 1 heterocycles. The van der Waals surface area contributed by atoms with Crippen LogP contribution < -0.4 is 0 Å². The molecule has 18 heavy (non-hydrogen) atoms. The molecule has 0 radical (unpaired) electrons. The van der Waals surface area contributed by atoms with Gasteiger partial charge in [-0.25, -0.2) is 12.8 Å². The number of rotatable bonds is 3. The Morgan fingerprint density at radius 1 is 1.22 bits per heavy atom. The highest BCUT2D eigenvalue weighted by Crippen LogP contribution is 2.23. The van der Waals surface area contributed by atoms with E-state index < -0.39 is 15.8 Å². The lowest BCUT2D eigenvalue weighted by Gasteiger charge is -2.26. The fourth-order valence-electron chi connectivity index (χ4n) is 2.09.